The summed E-state index contributed by atoms with van der Waals surface area (Å²) in [7, 11) is 0. The molecule has 2 aromatic rings. The van der Waals surface area contributed by atoms with Crippen LogP contribution in [-0.4, -0.2) is 15.8 Å². The number of halogens is 1. The van der Waals surface area contributed by atoms with Crippen LogP contribution in [0.5, 0.6) is 0 Å². The first-order valence-electron chi connectivity index (χ1n) is 5.44. The first kappa shape index (κ1) is 14.2. The summed E-state index contributed by atoms with van der Waals surface area (Å²) in [4.78, 5) is 25.9. The van der Waals surface area contributed by atoms with Gasteiger partial charge in [0.05, 0.1) is 4.92 Å². The van der Waals surface area contributed by atoms with Crippen molar-refractivity contribution in [2.75, 3.05) is 11.1 Å². The Morgan fingerprint density at radius 3 is 2.60 bits per heavy atom. The molecule has 3 N–H and O–H groups in total. The first-order valence-corrected chi connectivity index (χ1v) is 6.52. The number of amides is 1. The molecule has 0 saturated carbocycles. The molecule has 0 atom stereocenters. The molecule has 0 spiro atoms. The number of carbonyl (C=O) groups is 1. The predicted molar refractivity (Wildman–Crippen MR) is 82.4 cm³/mol. The molecule has 0 radical (unpaired) electrons. The van der Waals surface area contributed by atoms with Gasteiger partial charge in [-0.05, 0) is 52.9 Å². The van der Waals surface area contributed by atoms with Crippen LogP contribution in [0.2, 0.25) is 0 Å². The van der Waals surface area contributed by atoms with Gasteiger partial charge in [-0.1, -0.05) is 0 Å². The third-order valence-corrected chi connectivity index (χ3v) is 3.17. The van der Waals surface area contributed by atoms with Crippen molar-refractivity contribution < 1.29 is 9.72 Å². The van der Waals surface area contributed by atoms with Gasteiger partial charge < -0.3 is 11.1 Å². The highest BCUT2D eigenvalue weighted by molar-refractivity contribution is 14.1. The lowest BCUT2D eigenvalue weighted by molar-refractivity contribution is -0.385. The van der Waals surface area contributed by atoms with E-state index in [1.165, 1.54) is 6.07 Å². The van der Waals surface area contributed by atoms with Crippen LogP contribution < -0.4 is 11.1 Å². The Hall–Kier alpha value is -2.23. The van der Waals surface area contributed by atoms with Gasteiger partial charge in [-0.2, -0.15) is 0 Å². The molecule has 0 aliphatic heterocycles. The quantitative estimate of drug-likeness (QED) is 0.480. The molecule has 20 heavy (non-hydrogen) atoms. The number of hydrogen-bond donors (Lipinski definition) is 2. The van der Waals surface area contributed by atoms with Crippen LogP contribution >= 0.6 is 22.6 Å². The maximum atomic E-state index is 12.1. The van der Waals surface area contributed by atoms with Gasteiger partial charge in [-0.25, -0.2) is 4.98 Å². The Morgan fingerprint density at radius 1 is 1.35 bits per heavy atom. The lowest BCUT2D eigenvalue weighted by Gasteiger charge is -2.06. The summed E-state index contributed by atoms with van der Waals surface area (Å²) in [5, 5.41) is 13.5. The number of benzene rings is 1. The number of nitro groups is 1. The van der Waals surface area contributed by atoms with E-state index in [0.29, 0.717) is 5.69 Å². The second-order valence-electron chi connectivity index (χ2n) is 3.84. The Balaban J connectivity index is 2.31. The maximum absolute atomic E-state index is 12.1. The topological polar surface area (TPSA) is 111 Å². The second kappa shape index (κ2) is 5.82. The van der Waals surface area contributed by atoms with Crippen molar-refractivity contribution in [2.45, 2.75) is 0 Å². The molecule has 0 bridgehead atoms. The van der Waals surface area contributed by atoms with E-state index < -0.39 is 10.8 Å². The van der Waals surface area contributed by atoms with Crippen LogP contribution in [0.1, 0.15) is 10.4 Å². The number of pyridine rings is 1. The summed E-state index contributed by atoms with van der Waals surface area (Å²) in [6, 6.07) is 8.21. The number of hydrogen-bond acceptors (Lipinski definition) is 5. The van der Waals surface area contributed by atoms with Gasteiger partial charge in [0.25, 0.3) is 11.6 Å². The van der Waals surface area contributed by atoms with Crippen molar-refractivity contribution in [1.82, 2.24) is 4.98 Å². The molecule has 0 unspecified atom stereocenters. The fourth-order valence-electron chi connectivity index (χ4n) is 1.52. The van der Waals surface area contributed by atoms with Crippen LogP contribution in [0.15, 0.2) is 36.5 Å². The van der Waals surface area contributed by atoms with Crippen molar-refractivity contribution in [3.8, 4) is 0 Å². The van der Waals surface area contributed by atoms with Gasteiger partial charge in [0.1, 0.15) is 17.6 Å². The average Bonchev–Trinajstić information content (AvgIpc) is 2.41. The van der Waals surface area contributed by atoms with E-state index in [2.05, 4.69) is 32.9 Å². The van der Waals surface area contributed by atoms with E-state index in [1.54, 1.807) is 12.1 Å². The number of carbonyl (C=O) groups excluding carboxylic acids is 1. The van der Waals surface area contributed by atoms with E-state index in [9.17, 15) is 14.9 Å². The molecular formula is C12H9IN4O3. The zero-order valence-electron chi connectivity index (χ0n) is 10.0. The summed E-state index contributed by atoms with van der Waals surface area (Å²) < 4.78 is 1.01. The molecular weight excluding hydrogens is 375 g/mol. The van der Waals surface area contributed by atoms with E-state index in [4.69, 9.17) is 5.73 Å². The summed E-state index contributed by atoms with van der Waals surface area (Å²) in [6.07, 6.45) is 0.970. The zero-order valence-corrected chi connectivity index (χ0v) is 12.2. The van der Waals surface area contributed by atoms with E-state index >= 15 is 0 Å². The van der Waals surface area contributed by atoms with Crippen molar-refractivity contribution in [3.63, 3.8) is 0 Å². The molecule has 1 heterocycles. The van der Waals surface area contributed by atoms with Crippen LogP contribution in [0.25, 0.3) is 0 Å². The minimum absolute atomic E-state index is 0.0448. The summed E-state index contributed by atoms with van der Waals surface area (Å²) in [5.41, 5.74) is 5.49. The van der Waals surface area contributed by atoms with Gasteiger partial charge in [-0.15, -0.1) is 0 Å². The molecule has 8 heteroatoms. The third-order valence-electron chi connectivity index (χ3n) is 2.45. The molecule has 7 nitrogen and oxygen atoms in total. The first-order chi connectivity index (χ1) is 9.47. The van der Waals surface area contributed by atoms with E-state index in [0.717, 1.165) is 9.77 Å². The maximum Gasteiger partial charge on any atom is 0.300 e. The van der Waals surface area contributed by atoms with Crippen LogP contribution in [-0.2, 0) is 0 Å². The Bertz CT molecular complexity index is 673. The van der Waals surface area contributed by atoms with Gasteiger partial charge in [0.2, 0.25) is 0 Å². The predicted octanol–water partition coefficient (Wildman–Crippen LogP) is 2.43. The number of nitrogens with two attached hydrogens (primary N) is 1. The molecule has 0 fully saturated rings. The van der Waals surface area contributed by atoms with Gasteiger partial charge in [-0.3, -0.25) is 14.9 Å². The number of rotatable bonds is 3. The molecule has 2 rings (SSSR count). The normalized spacial score (nSPS) is 10.1. The monoisotopic (exact) mass is 384 g/mol. The highest BCUT2D eigenvalue weighted by Gasteiger charge is 2.21. The largest absolute Gasteiger partial charge is 0.384 e. The molecule has 0 saturated heterocycles. The molecule has 0 aliphatic rings. The number of anilines is 2. The molecule has 1 aromatic heterocycles. The van der Waals surface area contributed by atoms with Crippen LogP contribution in [0.4, 0.5) is 17.2 Å². The second-order valence-corrected chi connectivity index (χ2v) is 5.09. The number of nitrogens with one attached hydrogen (secondary N) is 1. The van der Waals surface area contributed by atoms with E-state index in [-0.39, 0.29) is 17.1 Å². The average molecular weight is 384 g/mol. The van der Waals surface area contributed by atoms with Crippen LogP contribution in [0, 0.1) is 13.7 Å². The fourth-order valence-corrected chi connectivity index (χ4v) is 1.88. The Labute approximate surface area is 127 Å². The summed E-state index contributed by atoms with van der Waals surface area (Å²) in [6.45, 7) is 0. The Morgan fingerprint density at radius 2 is 2.00 bits per heavy atom. The molecule has 1 aromatic carbocycles. The van der Waals surface area contributed by atoms with Crippen molar-refractivity contribution in [1.29, 1.82) is 0 Å². The number of nitrogens with zero attached hydrogens (tertiary/aromatic N) is 2. The summed E-state index contributed by atoms with van der Waals surface area (Å²) in [5.74, 6) is -0.560. The third kappa shape index (κ3) is 3.20. The highest BCUT2D eigenvalue weighted by Crippen LogP contribution is 2.21. The van der Waals surface area contributed by atoms with Crippen molar-refractivity contribution in [2.24, 2.45) is 0 Å². The number of aromatic nitrogens is 1. The van der Waals surface area contributed by atoms with Gasteiger partial charge >= 0.3 is 0 Å². The highest BCUT2D eigenvalue weighted by atomic mass is 127. The van der Waals surface area contributed by atoms with Crippen LogP contribution in [0.3, 0.4) is 0 Å². The molecule has 0 aliphatic carbocycles. The lowest BCUT2D eigenvalue weighted by atomic mass is 10.2. The van der Waals surface area contributed by atoms with E-state index in [1.807, 2.05) is 12.1 Å². The number of nitrogen functional groups attached to an aromatic ring is 1. The van der Waals surface area contributed by atoms with Gasteiger partial charge in [0.15, 0.2) is 0 Å². The minimum atomic E-state index is -0.671. The molecule has 102 valence electrons. The molecule has 1 amide bonds. The standard InChI is InChI=1S/C12H9IN4O3/c13-7-1-3-8(4-2-7)16-12(18)9-5-11(14)15-6-10(9)17(19)20/h1-6H,(H2,14,15)(H,16,18). The minimum Gasteiger partial charge on any atom is -0.384 e. The smallest absolute Gasteiger partial charge is 0.300 e. The zero-order chi connectivity index (χ0) is 14.7. The van der Waals surface area contributed by atoms with Crippen molar-refractivity contribution in [3.05, 3.63) is 55.8 Å². The SMILES string of the molecule is Nc1cc(C(=O)Nc2ccc(I)cc2)c([N+](=O)[O-])cn1. The lowest BCUT2D eigenvalue weighted by Crippen LogP contribution is -2.14. The Kier molecular flexibility index (Phi) is 4.13. The van der Waals surface area contributed by atoms with Gasteiger partial charge in [0, 0.05) is 9.26 Å². The van der Waals surface area contributed by atoms with Crippen molar-refractivity contribution >= 4 is 45.7 Å². The summed E-state index contributed by atoms with van der Waals surface area (Å²) >= 11 is 2.13. The fraction of sp³-hybridized carbons (Fsp3) is 0.